The lowest BCUT2D eigenvalue weighted by atomic mass is 10.1. The second-order valence-corrected chi connectivity index (χ2v) is 5.42. The number of hydrogen-bond donors (Lipinski definition) is 1. The van der Waals surface area contributed by atoms with Crippen LogP contribution in [0.1, 0.15) is 18.9 Å². The maximum absolute atomic E-state index is 13.9. The van der Waals surface area contributed by atoms with E-state index in [1.54, 1.807) is 6.92 Å². The van der Waals surface area contributed by atoms with Crippen molar-refractivity contribution in [2.75, 3.05) is 6.54 Å². The average molecular weight is 347 g/mol. The largest absolute Gasteiger partial charge is 0.294 e. The van der Waals surface area contributed by atoms with E-state index in [0.717, 1.165) is 6.07 Å². The minimum atomic E-state index is -0.710. The molecular formula is C13H13BrF2N2O2. The number of nitrogens with one attached hydrogen (secondary N) is 1. The summed E-state index contributed by atoms with van der Waals surface area (Å²) in [5, 5.41) is 2.22. The molecule has 1 aliphatic heterocycles. The van der Waals surface area contributed by atoms with Gasteiger partial charge in [0.1, 0.15) is 11.6 Å². The van der Waals surface area contributed by atoms with Crippen molar-refractivity contribution in [3.63, 3.8) is 0 Å². The number of halogens is 3. The first kappa shape index (κ1) is 15.1. The van der Waals surface area contributed by atoms with E-state index in [4.69, 9.17) is 0 Å². The number of hydrogen-bond acceptors (Lipinski definition) is 3. The maximum Gasteiger partial charge on any atom is 0.243 e. The molecule has 7 heteroatoms. The first-order valence-electron chi connectivity index (χ1n) is 6.14. The summed E-state index contributed by atoms with van der Waals surface area (Å²) in [5.41, 5.74) is -0.152. The fourth-order valence-electron chi connectivity index (χ4n) is 2.25. The molecule has 1 atom stereocenters. The van der Waals surface area contributed by atoms with Gasteiger partial charge in [-0.2, -0.15) is 0 Å². The number of carbonyl (C=O) groups excluding carboxylic acids is 2. The molecule has 2 amide bonds. The predicted molar refractivity (Wildman–Crippen MR) is 71.7 cm³/mol. The van der Waals surface area contributed by atoms with Crippen molar-refractivity contribution in [1.29, 1.82) is 0 Å². The van der Waals surface area contributed by atoms with Crippen molar-refractivity contribution in [2.45, 2.75) is 25.9 Å². The summed E-state index contributed by atoms with van der Waals surface area (Å²) in [6.07, 6.45) is 0.455. The van der Waals surface area contributed by atoms with Crippen LogP contribution in [-0.2, 0) is 16.1 Å². The van der Waals surface area contributed by atoms with Gasteiger partial charge in [0.05, 0.1) is 17.1 Å². The fourth-order valence-corrected chi connectivity index (χ4v) is 2.62. The molecule has 1 aromatic carbocycles. The summed E-state index contributed by atoms with van der Waals surface area (Å²) in [6, 6.07) is 1.86. The number of carbonyl (C=O) groups is 2. The van der Waals surface area contributed by atoms with Crippen molar-refractivity contribution >= 4 is 27.7 Å². The van der Waals surface area contributed by atoms with E-state index in [0.29, 0.717) is 6.42 Å². The lowest BCUT2D eigenvalue weighted by Crippen LogP contribution is -2.57. The number of imide groups is 1. The zero-order chi connectivity index (χ0) is 14.9. The van der Waals surface area contributed by atoms with Gasteiger partial charge in [-0.15, -0.1) is 0 Å². The van der Waals surface area contributed by atoms with Gasteiger partial charge in [0.2, 0.25) is 11.8 Å². The normalized spacial score (nSPS) is 20.1. The summed E-state index contributed by atoms with van der Waals surface area (Å²) in [7, 11) is 0. The molecule has 0 aliphatic carbocycles. The van der Waals surface area contributed by atoms with Gasteiger partial charge in [0.25, 0.3) is 0 Å². The molecule has 1 N–H and O–H groups in total. The molecule has 4 nitrogen and oxygen atoms in total. The highest BCUT2D eigenvalue weighted by Gasteiger charge is 2.33. The van der Waals surface area contributed by atoms with Gasteiger partial charge in [-0.1, -0.05) is 6.92 Å². The Morgan fingerprint density at radius 1 is 1.40 bits per heavy atom. The van der Waals surface area contributed by atoms with Crippen LogP contribution in [0, 0.1) is 11.6 Å². The van der Waals surface area contributed by atoms with Crippen LogP contribution in [0.25, 0.3) is 0 Å². The molecule has 1 saturated heterocycles. The van der Waals surface area contributed by atoms with Crippen LogP contribution in [0.4, 0.5) is 8.78 Å². The van der Waals surface area contributed by atoms with Gasteiger partial charge in [-0.3, -0.25) is 19.8 Å². The molecule has 1 fully saturated rings. The Labute approximate surface area is 123 Å². The third-order valence-electron chi connectivity index (χ3n) is 3.24. The van der Waals surface area contributed by atoms with Crippen LogP contribution < -0.4 is 5.32 Å². The fraction of sp³-hybridized carbons (Fsp3) is 0.385. The van der Waals surface area contributed by atoms with E-state index in [9.17, 15) is 18.4 Å². The molecule has 0 aromatic heterocycles. The Morgan fingerprint density at radius 3 is 2.75 bits per heavy atom. The lowest BCUT2D eigenvalue weighted by molar-refractivity contribution is -0.140. The zero-order valence-corrected chi connectivity index (χ0v) is 12.3. The van der Waals surface area contributed by atoms with Crippen LogP contribution in [0.15, 0.2) is 16.6 Å². The number of benzene rings is 1. The Morgan fingerprint density at radius 2 is 2.10 bits per heavy atom. The smallest absolute Gasteiger partial charge is 0.243 e. The maximum atomic E-state index is 13.9. The molecule has 1 unspecified atom stereocenters. The highest BCUT2D eigenvalue weighted by molar-refractivity contribution is 9.10. The van der Waals surface area contributed by atoms with Gasteiger partial charge < -0.3 is 0 Å². The molecule has 0 radical (unpaired) electrons. The molecule has 0 bridgehead atoms. The minimum absolute atomic E-state index is 0.0599. The zero-order valence-electron chi connectivity index (χ0n) is 10.8. The summed E-state index contributed by atoms with van der Waals surface area (Å²) in [4.78, 5) is 24.6. The second kappa shape index (κ2) is 5.97. The molecule has 108 valence electrons. The molecule has 1 aliphatic rings. The molecule has 2 rings (SSSR count). The Kier molecular flexibility index (Phi) is 4.49. The van der Waals surface area contributed by atoms with Gasteiger partial charge in [-0.25, -0.2) is 8.78 Å². The van der Waals surface area contributed by atoms with Crippen molar-refractivity contribution in [1.82, 2.24) is 10.2 Å². The Balaban J connectivity index is 2.30. The van der Waals surface area contributed by atoms with Crippen LogP contribution >= 0.6 is 15.9 Å². The van der Waals surface area contributed by atoms with Crippen molar-refractivity contribution in [3.8, 4) is 0 Å². The van der Waals surface area contributed by atoms with E-state index in [2.05, 4.69) is 21.2 Å². The number of amides is 2. The van der Waals surface area contributed by atoms with Gasteiger partial charge >= 0.3 is 0 Å². The quantitative estimate of drug-likeness (QED) is 0.672. The molecule has 0 saturated carbocycles. The van der Waals surface area contributed by atoms with E-state index < -0.39 is 29.5 Å². The van der Waals surface area contributed by atoms with Gasteiger partial charge in [0, 0.05) is 12.1 Å². The monoisotopic (exact) mass is 346 g/mol. The van der Waals surface area contributed by atoms with Crippen LogP contribution in [0.3, 0.4) is 0 Å². The topological polar surface area (TPSA) is 49.4 Å². The summed E-state index contributed by atoms with van der Waals surface area (Å²) >= 11 is 2.99. The van der Waals surface area contributed by atoms with E-state index in [-0.39, 0.29) is 23.1 Å². The second-order valence-electron chi connectivity index (χ2n) is 4.56. The summed E-state index contributed by atoms with van der Waals surface area (Å²) in [5.74, 6) is -2.30. The third kappa shape index (κ3) is 2.88. The first-order chi connectivity index (χ1) is 9.43. The first-order valence-corrected chi connectivity index (χ1v) is 6.93. The van der Waals surface area contributed by atoms with Crippen LogP contribution in [0.2, 0.25) is 0 Å². The Bertz CT molecular complexity index is 566. The molecule has 0 spiro atoms. The molecular weight excluding hydrogens is 334 g/mol. The van der Waals surface area contributed by atoms with E-state index in [1.165, 1.54) is 11.0 Å². The van der Waals surface area contributed by atoms with Gasteiger partial charge in [-0.05, 0) is 34.5 Å². The van der Waals surface area contributed by atoms with E-state index in [1.807, 2.05) is 0 Å². The predicted octanol–water partition coefficient (Wildman–Crippen LogP) is 1.96. The highest BCUT2D eigenvalue weighted by atomic mass is 79.9. The molecule has 1 aromatic rings. The van der Waals surface area contributed by atoms with E-state index >= 15 is 0 Å². The lowest BCUT2D eigenvalue weighted by Gasteiger charge is -2.33. The van der Waals surface area contributed by atoms with Gasteiger partial charge in [0.15, 0.2) is 0 Å². The molecule has 20 heavy (non-hydrogen) atoms. The average Bonchev–Trinajstić information content (AvgIpc) is 2.39. The van der Waals surface area contributed by atoms with Crippen molar-refractivity contribution in [3.05, 3.63) is 33.8 Å². The summed E-state index contributed by atoms with van der Waals surface area (Å²) < 4.78 is 27.8. The summed E-state index contributed by atoms with van der Waals surface area (Å²) in [6.45, 7) is 1.59. The minimum Gasteiger partial charge on any atom is -0.294 e. The van der Waals surface area contributed by atoms with Crippen molar-refractivity contribution < 1.29 is 18.4 Å². The Hall–Kier alpha value is -1.34. The number of piperazine rings is 1. The number of rotatable bonds is 3. The SMILES string of the molecule is CCC1C(=O)NC(=O)CN1Cc1c(F)ccc(Br)c1F. The van der Waals surface area contributed by atoms with Crippen LogP contribution in [-0.4, -0.2) is 29.3 Å². The van der Waals surface area contributed by atoms with Crippen LogP contribution in [0.5, 0.6) is 0 Å². The number of nitrogens with zero attached hydrogens (tertiary/aromatic N) is 1. The third-order valence-corrected chi connectivity index (χ3v) is 3.85. The highest BCUT2D eigenvalue weighted by Crippen LogP contribution is 2.24. The standard InChI is InChI=1S/C13H13BrF2N2O2/c1-2-10-13(20)17-11(19)6-18(10)5-7-9(15)4-3-8(14)12(7)16/h3-4,10H,2,5-6H2,1H3,(H,17,19,20). The molecule has 1 heterocycles. The van der Waals surface area contributed by atoms with Crippen molar-refractivity contribution in [2.24, 2.45) is 0 Å².